The fourth-order valence-corrected chi connectivity index (χ4v) is 3.19. The van der Waals surface area contributed by atoms with Crippen LogP contribution in [0.5, 0.6) is 0 Å². The van der Waals surface area contributed by atoms with E-state index >= 15 is 0 Å². The van der Waals surface area contributed by atoms with Gasteiger partial charge in [0.15, 0.2) is 0 Å². The van der Waals surface area contributed by atoms with Crippen molar-refractivity contribution in [1.29, 1.82) is 0 Å². The third kappa shape index (κ3) is 2.66. The van der Waals surface area contributed by atoms with Gasteiger partial charge in [-0.15, -0.1) is 0 Å². The summed E-state index contributed by atoms with van der Waals surface area (Å²) in [6.07, 6.45) is 4.11. The van der Waals surface area contributed by atoms with Crippen LogP contribution in [0.15, 0.2) is 36.5 Å². The van der Waals surface area contributed by atoms with Gasteiger partial charge in [0.1, 0.15) is 0 Å². The lowest BCUT2D eigenvalue weighted by molar-refractivity contribution is -0.133. The normalized spacial score (nSPS) is 18.3. The van der Waals surface area contributed by atoms with Gasteiger partial charge in [-0.1, -0.05) is 24.3 Å². The van der Waals surface area contributed by atoms with E-state index in [1.165, 1.54) is 16.5 Å². The Kier molecular flexibility index (Phi) is 4.29. The van der Waals surface area contributed by atoms with Crippen LogP contribution in [-0.2, 0) is 4.79 Å². The topological polar surface area (TPSA) is 48.1 Å². The maximum absolute atomic E-state index is 12.6. The van der Waals surface area contributed by atoms with Crippen molar-refractivity contribution in [2.75, 3.05) is 26.2 Å². The fraction of sp³-hybridized carbons (Fsp3) is 0.389. The summed E-state index contributed by atoms with van der Waals surface area (Å²) in [4.78, 5) is 17.8. The van der Waals surface area contributed by atoms with Crippen molar-refractivity contribution in [2.45, 2.75) is 13.8 Å². The highest BCUT2D eigenvalue weighted by molar-refractivity contribution is 5.93. The van der Waals surface area contributed by atoms with E-state index in [1.807, 2.05) is 24.9 Å². The van der Waals surface area contributed by atoms with Crippen LogP contribution in [-0.4, -0.2) is 42.0 Å². The number of hydrogen-bond donors (Lipinski definition) is 2. The number of amides is 1. The number of benzene rings is 1. The van der Waals surface area contributed by atoms with Gasteiger partial charge in [0.05, 0.1) is 11.4 Å². The average molecular weight is 297 g/mol. The van der Waals surface area contributed by atoms with Crippen LogP contribution in [0.2, 0.25) is 0 Å². The van der Waals surface area contributed by atoms with E-state index in [4.69, 9.17) is 0 Å². The first-order valence-corrected chi connectivity index (χ1v) is 8.01. The molecule has 2 N–H and O–H groups in total. The van der Waals surface area contributed by atoms with Crippen LogP contribution in [0.25, 0.3) is 16.5 Å². The number of hydrogen-bond acceptors (Lipinski definition) is 2. The second kappa shape index (κ2) is 6.36. The van der Waals surface area contributed by atoms with Crippen LogP contribution in [0.1, 0.15) is 19.4 Å². The minimum absolute atomic E-state index is 0.0751. The lowest BCUT2D eigenvalue weighted by Crippen LogP contribution is -2.41. The highest BCUT2D eigenvalue weighted by atomic mass is 16.2. The lowest BCUT2D eigenvalue weighted by atomic mass is 9.94. The van der Waals surface area contributed by atoms with E-state index in [1.54, 1.807) is 0 Å². The van der Waals surface area contributed by atoms with E-state index in [9.17, 15) is 4.79 Å². The SMILES string of the molecule is CCN(CC)C(=O)C1C=C(c2cccc3cc[nH]c23)CNC1. The first-order chi connectivity index (χ1) is 10.7. The number of H-pyrrole nitrogens is 1. The third-order valence-corrected chi connectivity index (χ3v) is 4.41. The number of aromatic amines is 1. The number of aromatic nitrogens is 1. The molecule has 2 heterocycles. The zero-order valence-corrected chi connectivity index (χ0v) is 13.2. The molecule has 22 heavy (non-hydrogen) atoms. The molecule has 0 fully saturated rings. The minimum Gasteiger partial charge on any atom is -0.361 e. The summed E-state index contributed by atoms with van der Waals surface area (Å²) < 4.78 is 0. The predicted molar refractivity (Wildman–Crippen MR) is 90.6 cm³/mol. The largest absolute Gasteiger partial charge is 0.361 e. The van der Waals surface area contributed by atoms with Gasteiger partial charge in [-0.2, -0.15) is 0 Å². The molecule has 4 nitrogen and oxygen atoms in total. The zero-order valence-electron chi connectivity index (χ0n) is 13.2. The maximum Gasteiger partial charge on any atom is 0.230 e. The summed E-state index contributed by atoms with van der Waals surface area (Å²) in [5.41, 5.74) is 3.53. The van der Waals surface area contributed by atoms with Crippen molar-refractivity contribution >= 4 is 22.4 Å². The first-order valence-electron chi connectivity index (χ1n) is 8.01. The van der Waals surface area contributed by atoms with E-state index < -0.39 is 0 Å². The van der Waals surface area contributed by atoms with E-state index in [-0.39, 0.29) is 11.8 Å². The van der Waals surface area contributed by atoms with Crippen LogP contribution in [0.4, 0.5) is 0 Å². The van der Waals surface area contributed by atoms with Gasteiger partial charge >= 0.3 is 0 Å². The first kappa shape index (κ1) is 14.9. The smallest absolute Gasteiger partial charge is 0.230 e. The molecule has 0 spiro atoms. The Morgan fingerprint density at radius 2 is 2.09 bits per heavy atom. The van der Waals surface area contributed by atoms with Crippen molar-refractivity contribution in [3.63, 3.8) is 0 Å². The molecule has 1 aliphatic heterocycles. The molecule has 0 saturated carbocycles. The molecule has 0 aliphatic carbocycles. The summed E-state index contributed by atoms with van der Waals surface area (Å²) in [5, 5.41) is 4.60. The number of nitrogens with one attached hydrogen (secondary N) is 2. The molecular formula is C18H23N3O. The van der Waals surface area contributed by atoms with E-state index in [2.05, 4.69) is 40.6 Å². The van der Waals surface area contributed by atoms with Gasteiger partial charge in [-0.3, -0.25) is 4.79 Å². The molecule has 1 aliphatic rings. The van der Waals surface area contributed by atoms with Crippen molar-refractivity contribution in [1.82, 2.24) is 15.2 Å². The molecular weight excluding hydrogens is 274 g/mol. The Morgan fingerprint density at radius 3 is 2.86 bits per heavy atom. The number of carbonyl (C=O) groups is 1. The monoisotopic (exact) mass is 297 g/mol. The minimum atomic E-state index is -0.0751. The Morgan fingerprint density at radius 1 is 1.27 bits per heavy atom. The Bertz CT molecular complexity index is 697. The third-order valence-electron chi connectivity index (χ3n) is 4.41. The second-order valence-corrected chi connectivity index (χ2v) is 5.69. The molecule has 1 aromatic carbocycles. The molecule has 0 saturated heterocycles. The molecule has 1 atom stereocenters. The van der Waals surface area contributed by atoms with Gasteiger partial charge < -0.3 is 15.2 Å². The number of rotatable bonds is 4. The van der Waals surface area contributed by atoms with Crippen molar-refractivity contribution in [3.8, 4) is 0 Å². The Balaban J connectivity index is 1.94. The summed E-state index contributed by atoms with van der Waals surface area (Å²) in [5.74, 6) is 0.141. The van der Waals surface area contributed by atoms with Gasteiger partial charge in [-0.05, 0) is 30.9 Å². The second-order valence-electron chi connectivity index (χ2n) is 5.69. The molecule has 1 unspecified atom stereocenters. The van der Waals surface area contributed by atoms with E-state index in [0.717, 1.165) is 31.7 Å². The summed E-state index contributed by atoms with van der Waals surface area (Å²) in [7, 11) is 0. The van der Waals surface area contributed by atoms with Crippen LogP contribution < -0.4 is 5.32 Å². The maximum atomic E-state index is 12.6. The van der Waals surface area contributed by atoms with Crippen LogP contribution in [0, 0.1) is 5.92 Å². The van der Waals surface area contributed by atoms with E-state index in [0.29, 0.717) is 0 Å². The predicted octanol–water partition coefficient (Wildman–Crippen LogP) is 2.64. The van der Waals surface area contributed by atoms with Gasteiger partial charge in [0.25, 0.3) is 0 Å². The average Bonchev–Trinajstić information content (AvgIpc) is 3.04. The standard InChI is InChI=1S/C18H23N3O/c1-3-21(4-2)18(22)15-10-14(11-19-12-15)16-7-5-6-13-8-9-20-17(13)16/h5-10,15,19-20H,3-4,11-12H2,1-2H3. The van der Waals surface area contributed by atoms with Gasteiger partial charge in [0.2, 0.25) is 5.91 Å². The van der Waals surface area contributed by atoms with Crippen LogP contribution in [0.3, 0.4) is 0 Å². The molecule has 1 aromatic heterocycles. The lowest BCUT2D eigenvalue weighted by Gasteiger charge is -2.27. The molecule has 3 rings (SSSR count). The molecule has 2 aromatic rings. The molecule has 1 amide bonds. The Labute approximate surface area is 131 Å². The van der Waals surface area contributed by atoms with Gasteiger partial charge in [0, 0.05) is 37.9 Å². The summed E-state index contributed by atoms with van der Waals surface area (Å²) in [6, 6.07) is 8.37. The highest BCUT2D eigenvalue weighted by Gasteiger charge is 2.24. The fourth-order valence-electron chi connectivity index (χ4n) is 3.19. The molecule has 116 valence electrons. The summed E-state index contributed by atoms with van der Waals surface area (Å²) >= 11 is 0. The molecule has 4 heteroatoms. The summed E-state index contributed by atoms with van der Waals surface area (Å²) in [6.45, 7) is 7.12. The number of fused-ring (bicyclic) bond motifs is 1. The van der Waals surface area contributed by atoms with Crippen LogP contribution >= 0.6 is 0 Å². The molecule has 0 bridgehead atoms. The quantitative estimate of drug-likeness (QED) is 0.911. The highest BCUT2D eigenvalue weighted by Crippen LogP contribution is 2.26. The molecule has 0 radical (unpaired) electrons. The van der Waals surface area contributed by atoms with Crippen molar-refractivity contribution in [3.05, 3.63) is 42.1 Å². The number of nitrogens with zero attached hydrogens (tertiary/aromatic N) is 1. The van der Waals surface area contributed by atoms with Crippen molar-refractivity contribution < 1.29 is 4.79 Å². The Hall–Kier alpha value is -2.07. The zero-order chi connectivity index (χ0) is 15.5. The van der Waals surface area contributed by atoms with Crippen molar-refractivity contribution in [2.24, 2.45) is 5.92 Å². The number of para-hydroxylation sites is 1. The van der Waals surface area contributed by atoms with Gasteiger partial charge in [-0.25, -0.2) is 0 Å². The number of carbonyl (C=O) groups excluding carboxylic acids is 1.